The van der Waals surface area contributed by atoms with E-state index in [9.17, 15) is 14.0 Å². The van der Waals surface area contributed by atoms with E-state index in [1.54, 1.807) is 35.2 Å². The van der Waals surface area contributed by atoms with Gasteiger partial charge in [0.15, 0.2) is 6.61 Å². The fraction of sp³-hybridized carbons (Fsp3) is 0.333. The number of carbonyl (C=O) groups excluding carboxylic acids is 2. The maximum absolute atomic E-state index is 13.3. The molecular weight excluding hydrogens is 397 g/mol. The standard InChI is InChI=1S/C21H22FNO5S/c1-14-11-17(28-12-20(25)27-10-9-26-2)7-8-18(14)23-19(24)13-29-21(23)15-3-5-16(22)6-4-15/h3-8,11,21H,9-10,12-13H2,1-2H3. The first-order chi connectivity index (χ1) is 14.0. The summed E-state index contributed by atoms with van der Waals surface area (Å²) < 4.78 is 28.5. The molecule has 29 heavy (non-hydrogen) atoms. The number of aryl methyl sites for hydroxylation is 1. The molecule has 0 saturated carbocycles. The summed E-state index contributed by atoms with van der Waals surface area (Å²) in [7, 11) is 1.53. The highest BCUT2D eigenvalue weighted by molar-refractivity contribution is 8.00. The molecule has 0 spiro atoms. The van der Waals surface area contributed by atoms with Gasteiger partial charge in [-0.15, -0.1) is 11.8 Å². The molecule has 6 nitrogen and oxygen atoms in total. The van der Waals surface area contributed by atoms with Crippen LogP contribution in [0.2, 0.25) is 0 Å². The van der Waals surface area contributed by atoms with Crippen molar-refractivity contribution in [1.29, 1.82) is 0 Å². The quantitative estimate of drug-likeness (QED) is 0.482. The van der Waals surface area contributed by atoms with E-state index in [4.69, 9.17) is 14.2 Å². The van der Waals surface area contributed by atoms with E-state index in [0.29, 0.717) is 18.1 Å². The predicted molar refractivity (Wildman–Crippen MR) is 109 cm³/mol. The van der Waals surface area contributed by atoms with Gasteiger partial charge in [-0.2, -0.15) is 0 Å². The van der Waals surface area contributed by atoms with Crippen LogP contribution in [0.25, 0.3) is 0 Å². The van der Waals surface area contributed by atoms with Gasteiger partial charge in [0.2, 0.25) is 5.91 Å². The Balaban J connectivity index is 1.70. The van der Waals surface area contributed by atoms with Crippen LogP contribution in [0.4, 0.5) is 10.1 Å². The molecule has 8 heteroatoms. The number of rotatable bonds is 8. The molecule has 1 atom stereocenters. The second-order valence-corrected chi connectivity index (χ2v) is 7.50. The molecule has 0 bridgehead atoms. The molecule has 2 aromatic carbocycles. The van der Waals surface area contributed by atoms with Gasteiger partial charge in [-0.25, -0.2) is 9.18 Å². The molecule has 1 fully saturated rings. The SMILES string of the molecule is COCCOC(=O)COc1ccc(N2C(=O)CSC2c2ccc(F)cc2)c(C)c1. The maximum atomic E-state index is 13.3. The number of halogens is 1. The normalized spacial score (nSPS) is 16.2. The topological polar surface area (TPSA) is 65.1 Å². The minimum absolute atomic E-state index is 0.0113. The lowest BCUT2D eigenvalue weighted by Crippen LogP contribution is -2.28. The highest BCUT2D eigenvalue weighted by Crippen LogP contribution is 2.43. The third-order valence-electron chi connectivity index (χ3n) is 4.36. The largest absolute Gasteiger partial charge is 0.482 e. The Kier molecular flexibility index (Phi) is 7.11. The fourth-order valence-electron chi connectivity index (χ4n) is 2.97. The minimum Gasteiger partial charge on any atom is -0.482 e. The van der Waals surface area contributed by atoms with Crippen molar-refractivity contribution in [1.82, 2.24) is 0 Å². The Hall–Kier alpha value is -2.58. The van der Waals surface area contributed by atoms with Crippen LogP contribution in [0.3, 0.4) is 0 Å². The van der Waals surface area contributed by atoms with Gasteiger partial charge in [0.1, 0.15) is 23.5 Å². The summed E-state index contributed by atoms with van der Waals surface area (Å²) in [5, 5.41) is -0.218. The first-order valence-electron chi connectivity index (χ1n) is 9.06. The first kappa shape index (κ1) is 21.1. The average Bonchev–Trinajstić information content (AvgIpc) is 3.08. The summed E-state index contributed by atoms with van der Waals surface area (Å²) in [6.07, 6.45) is 0. The van der Waals surface area contributed by atoms with Gasteiger partial charge in [-0.3, -0.25) is 9.69 Å². The van der Waals surface area contributed by atoms with Crippen molar-refractivity contribution in [2.24, 2.45) is 0 Å². The monoisotopic (exact) mass is 419 g/mol. The Labute approximate surface area is 172 Å². The number of hydrogen-bond donors (Lipinski definition) is 0. The van der Waals surface area contributed by atoms with Crippen LogP contribution in [0.1, 0.15) is 16.5 Å². The zero-order valence-corrected chi connectivity index (χ0v) is 17.0. The summed E-state index contributed by atoms with van der Waals surface area (Å²) in [6.45, 7) is 2.17. The minimum atomic E-state index is -0.480. The maximum Gasteiger partial charge on any atom is 0.344 e. The van der Waals surface area contributed by atoms with Gasteiger partial charge < -0.3 is 14.2 Å². The van der Waals surface area contributed by atoms with Crippen molar-refractivity contribution in [3.8, 4) is 5.75 Å². The van der Waals surface area contributed by atoms with E-state index in [2.05, 4.69) is 0 Å². The van der Waals surface area contributed by atoms with Crippen LogP contribution in [-0.2, 0) is 19.1 Å². The number of methoxy groups -OCH3 is 1. The average molecular weight is 419 g/mol. The van der Waals surface area contributed by atoms with E-state index < -0.39 is 5.97 Å². The predicted octanol–water partition coefficient (Wildman–Crippen LogP) is 3.48. The summed E-state index contributed by atoms with van der Waals surface area (Å²) in [5.74, 6) is 0.0577. The van der Waals surface area contributed by atoms with Crippen LogP contribution in [0.5, 0.6) is 5.75 Å². The summed E-state index contributed by atoms with van der Waals surface area (Å²) >= 11 is 1.50. The first-order valence-corrected chi connectivity index (χ1v) is 10.1. The Morgan fingerprint density at radius 2 is 1.97 bits per heavy atom. The van der Waals surface area contributed by atoms with Crippen LogP contribution in [-0.4, -0.2) is 44.6 Å². The van der Waals surface area contributed by atoms with Crippen molar-refractivity contribution in [3.05, 3.63) is 59.4 Å². The van der Waals surface area contributed by atoms with Gasteiger partial charge in [-0.05, 0) is 48.4 Å². The van der Waals surface area contributed by atoms with Gasteiger partial charge in [0.05, 0.1) is 12.4 Å². The highest BCUT2D eigenvalue weighted by atomic mass is 32.2. The Morgan fingerprint density at radius 3 is 2.66 bits per heavy atom. The molecule has 2 aromatic rings. The second kappa shape index (κ2) is 9.76. The van der Waals surface area contributed by atoms with E-state index >= 15 is 0 Å². The smallest absolute Gasteiger partial charge is 0.344 e. The lowest BCUT2D eigenvalue weighted by molar-refractivity contribution is -0.147. The van der Waals surface area contributed by atoms with Gasteiger partial charge in [-0.1, -0.05) is 12.1 Å². The number of nitrogens with zero attached hydrogens (tertiary/aromatic N) is 1. The van der Waals surface area contributed by atoms with Crippen LogP contribution >= 0.6 is 11.8 Å². The van der Waals surface area contributed by atoms with Crippen LogP contribution in [0.15, 0.2) is 42.5 Å². The summed E-state index contributed by atoms with van der Waals surface area (Å²) in [5.41, 5.74) is 2.45. The Morgan fingerprint density at radius 1 is 1.21 bits per heavy atom. The van der Waals surface area contributed by atoms with E-state index in [-0.39, 0.29) is 30.3 Å². The third kappa shape index (κ3) is 5.27. The molecule has 1 saturated heterocycles. The van der Waals surface area contributed by atoms with Gasteiger partial charge >= 0.3 is 5.97 Å². The number of carbonyl (C=O) groups is 2. The second-order valence-electron chi connectivity index (χ2n) is 6.43. The lowest BCUT2D eigenvalue weighted by Gasteiger charge is -2.26. The molecule has 1 aliphatic rings. The zero-order valence-electron chi connectivity index (χ0n) is 16.2. The van der Waals surface area contributed by atoms with E-state index in [1.165, 1.54) is 31.0 Å². The fourth-order valence-corrected chi connectivity index (χ4v) is 4.14. The highest BCUT2D eigenvalue weighted by Gasteiger charge is 2.34. The molecule has 1 heterocycles. The molecule has 0 aliphatic carbocycles. The number of ether oxygens (including phenoxy) is 3. The number of hydrogen-bond acceptors (Lipinski definition) is 6. The lowest BCUT2D eigenvalue weighted by atomic mass is 10.1. The number of benzene rings is 2. The molecular formula is C21H22FNO5S. The third-order valence-corrected chi connectivity index (χ3v) is 5.57. The molecule has 0 N–H and O–H groups in total. The molecule has 0 aromatic heterocycles. The molecule has 1 unspecified atom stereocenters. The van der Waals surface area contributed by atoms with E-state index in [1.807, 2.05) is 6.92 Å². The number of amides is 1. The van der Waals surface area contributed by atoms with Gasteiger partial charge in [0.25, 0.3) is 0 Å². The van der Waals surface area contributed by atoms with Crippen molar-refractivity contribution in [2.45, 2.75) is 12.3 Å². The van der Waals surface area contributed by atoms with Gasteiger partial charge in [0, 0.05) is 12.8 Å². The zero-order chi connectivity index (χ0) is 20.8. The van der Waals surface area contributed by atoms with Crippen LogP contribution in [0, 0.1) is 12.7 Å². The van der Waals surface area contributed by atoms with Crippen molar-refractivity contribution >= 4 is 29.3 Å². The number of anilines is 1. The Bertz CT molecular complexity index is 874. The van der Waals surface area contributed by atoms with E-state index in [0.717, 1.165) is 16.8 Å². The van der Waals surface area contributed by atoms with Crippen LogP contribution < -0.4 is 9.64 Å². The number of thioether (sulfide) groups is 1. The van der Waals surface area contributed by atoms with Crippen molar-refractivity contribution in [3.63, 3.8) is 0 Å². The molecule has 154 valence electrons. The van der Waals surface area contributed by atoms with Crippen molar-refractivity contribution in [2.75, 3.05) is 37.6 Å². The molecule has 1 aliphatic heterocycles. The summed E-state index contributed by atoms with van der Waals surface area (Å²) in [6, 6.07) is 11.5. The van der Waals surface area contributed by atoms with Crippen molar-refractivity contribution < 1.29 is 28.2 Å². The molecule has 0 radical (unpaired) electrons. The molecule has 3 rings (SSSR count). The number of esters is 1. The summed E-state index contributed by atoms with van der Waals surface area (Å²) in [4.78, 5) is 25.9. The molecule has 1 amide bonds.